The Kier molecular flexibility index (Phi) is 6.82. The van der Waals surface area contributed by atoms with E-state index in [1.54, 1.807) is 29.4 Å². The molecule has 0 fully saturated rings. The third-order valence-corrected chi connectivity index (χ3v) is 5.10. The smallest absolute Gasteiger partial charge is 0.214 e. The van der Waals surface area contributed by atoms with Crippen molar-refractivity contribution < 1.29 is 9.18 Å². The van der Waals surface area contributed by atoms with Crippen molar-refractivity contribution in [3.8, 4) is 11.3 Å². The molecule has 0 atom stereocenters. The Balaban J connectivity index is 1.62. The van der Waals surface area contributed by atoms with Gasteiger partial charge in [-0.25, -0.2) is 9.37 Å². The number of carbonyl (C=O) groups excluding carboxylic acids is 1. The monoisotopic (exact) mass is 426 g/mol. The van der Waals surface area contributed by atoms with Crippen LogP contribution in [0.3, 0.4) is 0 Å². The number of hydrogen-bond donors (Lipinski definition) is 1. The first-order chi connectivity index (χ1) is 15.7. The van der Waals surface area contributed by atoms with Crippen LogP contribution in [0, 0.1) is 5.82 Å². The number of hydrogen-bond acceptors (Lipinski definition) is 4. The van der Waals surface area contributed by atoms with E-state index in [0.29, 0.717) is 36.6 Å². The second-order valence-corrected chi connectivity index (χ2v) is 7.29. The molecule has 1 N–H and O–H groups in total. The van der Waals surface area contributed by atoms with E-state index in [-0.39, 0.29) is 5.82 Å². The van der Waals surface area contributed by atoms with E-state index in [4.69, 9.17) is 4.98 Å². The number of benzene rings is 2. The van der Waals surface area contributed by atoms with Crippen molar-refractivity contribution in [2.24, 2.45) is 0 Å². The summed E-state index contributed by atoms with van der Waals surface area (Å²) in [5, 5.41) is 3.31. The molecule has 2 aromatic carbocycles. The van der Waals surface area contributed by atoms with Gasteiger partial charge in [-0.15, -0.1) is 0 Å². The predicted octanol–water partition coefficient (Wildman–Crippen LogP) is 5.10. The molecule has 0 unspecified atom stereocenters. The molecule has 0 saturated heterocycles. The van der Waals surface area contributed by atoms with Gasteiger partial charge < -0.3 is 10.2 Å². The minimum atomic E-state index is -0.230. The molecular weight excluding hydrogens is 403 g/mol. The van der Waals surface area contributed by atoms with Crippen molar-refractivity contribution in [1.82, 2.24) is 9.97 Å². The second-order valence-electron chi connectivity index (χ2n) is 7.29. The molecule has 0 aliphatic carbocycles. The summed E-state index contributed by atoms with van der Waals surface area (Å²) in [6.45, 7) is 0.838. The van der Waals surface area contributed by atoms with E-state index in [0.717, 1.165) is 23.2 Å². The number of carbonyl (C=O) groups is 1. The average Bonchev–Trinajstić information content (AvgIpc) is 2.85. The van der Waals surface area contributed by atoms with Crippen molar-refractivity contribution >= 4 is 17.9 Å². The van der Waals surface area contributed by atoms with Crippen LogP contribution < -0.4 is 10.2 Å². The summed E-state index contributed by atoms with van der Waals surface area (Å²) < 4.78 is 14.0. The lowest BCUT2D eigenvalue weighted by Crippen LogP contribution is -2.23. The quantitative estimate of drug-likeness (QED) is 0.378. The molecule has 1 amide bonds. The maximum absolute atomic E-state index is 14.0. The van der Waals surface area contributed by atoms with Crippen molar-refractivity contribution in [1.29, 1.82) is 0 Å². The van der Waals surface area contributed by atoms with Crippen LogP contribution in [0.4, 0.5) is 15.9 Å². The molecule has 0 radical (unpaired) electrons. The van der Waals surface area contributed by atoms with Gasteiger partial charge in [0.25, 0.3) is 0 Å². The topological polar surface area (TPSA) is 58.1 Å². The highest BCUT2D eigenvalue weighted by molar-refractivity contribution is 5.83. The minimum absolute atomic E-state index is 0.230. The molecule has 32 heavy (non-hydrogen) atoms. The zero-order valence-corrected chi connectivity index (χ0v) is 17.5. The fourth-order valence-electron chi connectivity index (χ4n) is 3.47. The first-order valence-corrected chi connectivity index (χ1v) is 10.4. The van der Waals surface area contributed by atoms with Crippen LogP contribution in [0.5, 0.6) is 0 Å². The predicted molar refractivity (Wildman–Crippen MR) is 125 cm³/mol. The van der Waals surface area contributed by atoms with Gasteiger partial charge in [0.2, 0.25) is 6.41 Å². The van der Waals surface area contributed by atoms with Crippen LogP contribution in [-0.4, -0.2) is 22.9 Å². The lowest BCUT2D eigenvalue weighted by molar-refractivity contribution is -0.107. The Morgan fingerprint density at radius 3 is 2.50 bits per heavy atom. The molecule has 2 heterocycles. The Bertz CT molecular complexity index is 1170. The van der Waals surface area contributed by atoms with Gasteiger partial charge >= 0.3 is 0 Å². The highest BCUT2D eigenvalue weighted by Gasteiger charge is 2.15. The minimum Gasteiger partial charge on any atom is -0.368 e. The summed E-state index contributed by atoms with van der Waals surface area (Å²) in [7, 11) is 0. The largest absolute Gasteiger partial charge is 0.368 e. The molecule has 0 aliphatic heterocycles. The van der Waals surface area contributed by atoms with Gasteiger partial charge in [0.15, 0.2) is 5.82 Å². The lowest BCUT2D eigenvalue weighted by atomic mass is 10.1. The van der Waals surface area contributed by atoms with E-state index in [1.165, 1.54) is 6.07 Å². The SMILES string of the molecule is O=CN(Cc1cccnc1)c1ccc(-c2ccccc2)nc1NCCc1ccccc1F. The molecule has 0 spiro atoms. The number of halogens is 1. The highest BCUT2D eigenvalue weighted by atomic mass is 19.1. The first-order valence-electron chi connectivity index (χ1n) is 10.4. The average molecular weight is 426 g/mol. The summed E-state index contributed by atoms with van der Waals surface area (Å²) in [4.78, 5) is 22.5. The lowest BCUT2D eigenvalue weighted by Gasteiger charge is -2.21. The van der Waals surface area contributed by atoms with Gasteiger partial charge in [-0.3, -0.25) is 9.78 Å². The molecule has 6 heteroatoms. The van der Waals surface area contributed by atoms with Crippen LogP contribution in [0.15, 0.2) is 91.3 Å². The summed E-state index contributed by atoms with van der Waals surface area (Å²) in [5.74, 6) is 0.338. The second kappa shape index (κ2) is 10.3. The number of nitrogens with one attached hydrogen (secondary N) is 1. The first kappa shape index (κ1) is 21.2. The Labute approximate surface area is 186 Å². The molecule has 0 bridgehead atoms. The highest BCUT2D eigenvalue weighted by Crippen LogP contribution is 2.29. The molecule has 4 rings (SSSR count). The summed E-state index contributed by atoms with van der Waals surface area (Å²) in [6.07, 6.45) is 4.70. The van der Waals surface area contributed by atoms with Crippen LogP contribution in [0.25, 0.3) is 11.3 Å². The van der Waals surface area contributed by atoms with Gasteiger partial charge in [-0.05, 0) is 41.8 Å². The molecule has 0 saturated carbocycles. The van der Waals surface area contributed by atoms with Crippen molar-refractivity contribution in [3.63, 3.8) is 0 Å². The van der Waals surface area contributed by atoms with Crippen molar-refractivity contribution in [2.45, 2.75) is 13.0 Å². The van der Waals surface area contributed by atoms with Crippen LogP contribution >= 0.6 is 0 Å². The molecule has 2 aromatic heterocycles. The Hall–Kier alpha value is -4.06. The van der Waals surface area contributed by atoms with E-state index < -0.39 is 0 Å². The number of anilines is 2. The molecule has 4 aromatic rings. The third kappa shape index (κ3) is 5.16. The molecule has 0 aliphatic rings. The maximum atomic E-state index is 14.0. The van der Waals surface area contributed by atoms with Crippen LogP contribution in [0.1, 0.15) is 11.1 Å². The number of rotatable bonds is 9. The zero-order chi connectivity index (χ0) is 22.2. The van der Waals surface area contributed by atoms with E-state index in [2.05, 4.69) is 10.3 Å². The van der Waals surface area contributed by atoms with Crippen LogP contribution in [-0.2, 0) is 17.8 Å². The number of amides is 1. The molecule has 5 nitrogen and oxygen atoms in total. The van der Waals surface area contributed by atoms with Gasteiger partial charge in [-0.1, -0.05) is 54.6 Å². The van der Waals surface area contributed by atoms with Gasteiger partial charge in [0.1, 0.15) is 5.82 Å². The van der Waals surface area contributed by atoms with Crippen molar-refractivity contribution in [2.75, 3.05) is 16.8 Å². The third-order valence-electron chi connectivity index (χ3n) is 5.10. The Morgan fingerprint density at radius 2 is 1.75 bits per heavy atom. The molecule has 160 valence electrons. The van der Waals surface area contributed by atoms with Gasteiger partial charge in [-0.2, -0.15) is 0 Å². The maximum Gasteiger partial charge on any atom is 0.214 e. The molecular formula is C26H23FN4O. The summed E-state index contributed by atoms with van der Waals surface area (Å²) in [5.41, 5.74) is 3.94. The normalized spacial score (nSPS) is 10.5. The standard InChI is InChI=1S/C26H23FN4O/c27-23-11-5-4-8-21(23)14-16-29-26-25(31(19-32)18-20-7-6-15-28-17-20)13-12-24(30-26)22-9-2-1-3-10-22/h1-13,15,17,19H,14,16,18H2,(H,29,30). The fraction of sp³-hybridized carbons (Fsp3) is 0.115. The number of pyridine rings is 2. The zero-order valence-electron chi connectivity index (χ0n) is 17.5. The van der Waals surface area contributed by atoms with Crippen LogP contribution in [0.2, 0.25) is 0 Å². The van der Waals surface area contributed by atoms with E-state index in [1.807, 2.05) is 60.7 Å². The summed E-state index contributed by atoms with van der Waals surface area (Å²) in [6, 6.07) is 24.1. The Morgan fingerprint density at radius 1 is 0.938 bits per heavy atom. The van der Waals surface area contributed by atoms with Gasteiger partial charge in [0, 0.05) is 24.5 Å². The van der Waals surface area contributed by atoms with Crippen molar-refractivity contribution in [3.05, 3.63) is 108 Å². The van der Waals surface area contributed by atoms with E-state index >= 15 is 0 Å². The van der Waals surface area contributed by atoms with Gasteiger partial charge in [0.05, 0.1) is 17.9 Å². The summed E-state index contributed by atoms with van der Waals surface area (Å²) >= 11 is 0. The number of aromatic nitrogens is 2. The fourth-order valence-corrected chi connectivity index (χ4v) is 3.47. The number of nitrogens with zero attached hydrogens (tertiary/aromatic N) is 3. The van der Waals surface area contributed by atoms with E-state index in [9.17, 15) is 9.18 Å².